The monoisotopic (exact) mass is 808 g/mol. The topological polar surface area (TPSA) is 93.2 Å². The summed E-state index contributed by atoms with van der Waals surface area (Å²) in [6.07, 6.45) is -7.94. The van der Waals surface area contributed by atoms with Crippen molar-refractivity contribution in [3.8, 4) is 11.5 Å². The van der Waals surface area contributed by atoms with Crippen LogP contribution < -0.4 is 13.8 Å². The molecule has 0 aliphatic carbocycles. The number of rotatable bonds is 13. The number of carbonyl (C=O) groups is 2. The van der Waals surface area contributed by atoms with E-state index in [2.05, 4.69) is 4.18 Å². The number of halogens is 17. The van der Waals surface area contributed by atoms with Crippen LogP contribution >= 0.6 is 0 Å². The lowest BCUT2D eigenvalue weighted by atomic mass is 9.91. The van der Waals surface area contributed by atoms with Gasteiger partial charge in [0.1, 0.15) is 17.5 Å². The van der Waals surface area contributed by atoms with E-state index >= 15 is 0 Å². The molecule has 0 N–H and O–H groups in total. The first kappa shape index (κ1) is 42.2. The van der Waals surface area contributed by atoms with Crippen LogP contribution in [0.4, 0.5) is 85.1 Å². The minimum absolute atomic E-state index is 0.0804. The average Bonchev–Trinajstić information content (AvgIpc) is 3.23. The molecule has 1 unspecified atom stereocenters. The maximum Gasteiger partial charge on any atom is 0.460 e. The lowest BCUT2D eigenvalue weighted by molar-refractivity contribution is -0.458. The Morgan fingerprint density at radius 3 is 1.44 bits per heavy atom. The second-order valence-corrected chi connectivity index (χ2v) is 12.2. The highest BCUT2D eigenvalue weighted by Crippen LogP contribution is 2.64. The third-order valence-corrected chi connectivity index (χ3v) is 8.60. The van der Waals surface area contributed by atoms with Crippen LogP contribution in [0.15, 0.2) is 48.5 Å². The zero-order chi connectivity index (χ0) is 40.5. The molecule has 1 aliphatic rings. The molecular weight excluding hydrogens is 791 g/mol. The summed E-state index contributed by atoms with van der Waals surface area (Å²) in [6.45, 7) is 0.724. The van der Waals surface area contributed by atoms with E-state index in [-0.39, 0.29) is 23.4 Å². The number of hydrogen-bond donors (Lipinski definition) is 0. The first-order valence-corrected chi connectivity index (χ1v) is 14.6. The number of imide groups is 1. The van der Waals surface area contributed by atoms with Crippen molar-refractivity contribution in [2.75, 3.05) is 12.0 Å². The summed E-state index contributed by atoms with van der Waals surface area (Å²) in [5.41, 5.74) is -0.0340. The molecular formula is C26H17F17N2O6S. The van der Waals surface area contributed by atoms with Crippen molar-refractivity contribution in [1.82, 2.24) is 4.90 Å². The Morgan fingerprint density at radius 2 is 1.02 bits per heavy atom. The van der Waals surface area contributed by atoms with Gasteiger partial charge in [0.15, 0.2) is 0 Å². The first-order valence-electron chi connectivity index (χ1n) is 13.2. The molecule has 8 nitrogen and oxygen atoms in total. The molecule has 52 heavy (non-hydrogen) atoms. The van der Waals surface area contributed by atoms with E-state index in [1.54, 1.807) is 0 Å². The van der Waals surface area contributed by atoms with Gasteiger partial charge in [0.05, 0.1) is 12.8 Å². The molecule has 1 aliphatic heterocycles. The molecule has 0 aromatic heterocycles. The molecule has 1 atom stereocenters. The smallest absolute Gasteiger partial charge is 0.460 e. The molecule has 2 aromatic rings. The Bertz CT molecular complexity index is 1780. The summed E-state index contributed by atoms with van der Waals surface area (Å²) < 4.78 is 262. The van der Waals surface area contributed by atoms with E-state index in [1.165, 1.54) is 38.3 Å². The van der Waals surface area contributed by atoms with Crippen LogP contribution in [0.1, 0.15) is 12.5 Å². The number of amides is 3. The van der Waals surface area contributed by atoms with Gasteiger partial charge in [-0.15, -0.1) is 0 Å². The van der Waals surface area contributed by atoms with Crippen molar-refractivity contribution >= 4 is 27.7 Å². The van der Waals surface area contributed by atoms with Gasteiger partial charge in [-0.05, 0) is 48.9 Å². The molecule has 292 valence electrons. The Balaban J connectivity index is 1.87. The van der Waals surface area contributed by atoms with Crippen LogP contribution in [-0.2, 0) is 21.5 Å². The van der Waals surface area contributed by atoms with Gasteiger partial charge < -0.3 is 13.8 Å². The first-order chi connectivity index (χ1) is 23.2. The number of urea groups is 1. The van der Waals surface area contributed by atoms with Crippen molar-refractivity contribution in [2.45, 2.75) is 66.5 Å². The fraction of sp³-hybridized carbons (Fsp3) is 0.462. The standard InChI is InChI=1S/C26H17F17N2O6S/c1-12-17(46)45(14-5-9-15(50-2)10-6-14)18(47)44(12)11-13-3-7-16(8-4-13)51-52(48,49)26(42,43)24(37,38)22(33,34)20(29,30)19(27,28)21(31,32)23(35,36)25(39,40)41/h3-10,12H,11H2,1-2H3. The van der Waals surface area contributed by atoms with Crippen LogP contribution in [0, 0.1) is 0 Å². The fourth-order valence-electron chi connectivity index (χ4n) is 4.21. The predicted octanol–water partition coefficient (Wildman–Crippen LogP) is 7.73. The molecule has 2 aromatic carbocycles. The van der Waals surface area contributed by atoms with Gasteiger partial charge in [0, 0.05) is 6.54 Å². The maximum absolute atomic E-state index is 14.4. The molecule has 0 saturated carbocycles. The number of anilines is 1. The second-order valence-electron chi connectivity index (χ2n) is 10.6. The van der Waals surface area contributed by atoms with Gasteiger partial charge in [0.25, 0.3) is 5.91 Å². The quantitative estimate of drug-likeness (QED) is 0.117. The second kappa shape index (κ2) is 12.7. The minimum atomic E-state index is -8.98. The Morgan fingerprint density at radius 1 is 0.615 bits per heavy atom. The van der Waals surface area contributed by atoms with E-state index in [4.69, 9.17) is 4.74 Å². The van der Waals surface area contributed by atoms with E-state index in [0.29, 0.717) is 17.9 Å². The van der Waals surface area contributed by atoms with Crippen molar-refractivity contribution in [1.29, 1.82) is 0 Å². The number of methoxy groups -OCH3 is 1. The molecule has 26 heteroatoms. The molecule has 0 radical (unpaired) electrons. The highest BCUT2D eigenvalue weighted by Gasteiger charge is 2.96. The Hall–Kier alpha value is -4.26. The molecule has 1 saturated heterocycles. The highest BCUT2D eigenvalue weighted by molar-refractivity contribution is 7.88. The van der Waals surface area contributed by atoms with Crippen LogP contribution in [0.25, 0.3) is 0 Å². The number of benzene rings is 2. The number of alkyl halides is 17. The van der Waals surface area contributed by atoms with E-state index < -0.39 is 87.4 Å². The molecule has 0 spiro atoms. The van der Waals surface area contributed by atoms with Gasteiger partial charge >= 0.3 is 63.1 Å². The number of carbonyl (C=O) groups excluding carboxylic acids is 2. The van der Waals surface area contributed by atoms with Crippen molar-refractivity contribution in [3.05, 3.63) is 54.1 Å². The summed E-state index contributed by atoms with van der Waals surface area (Å²) in [4.78, 5) is 27.3. The number of nitrogens with zero attached hydrogens (tertiary/aromatic N) is 2. The molecule has 3 rings (SSSR count). The fourth-order valence-corrected chi connectivity index (χ4v) is 5.13. The minimum Gasteiger partial charge on any atom is -0.497 e. The Labute approximate surface area is 278 Å². The zero-order valence-electron chi connectivity index (χ0n) is 25.1. The summed E-state index contributed by atoms with van der Waals surface area (Å²) in [6, 6.07) is 5.30. The molecule has 0 bridgehead atoms. The molecule has 1 fully saturated rings. The maximum atomic E-state index is 14.4. The SMILES string of the molecule is COc1ccc(N2C(=O)C(C)N(Cc3ccc(OS(=O)(=O)C(F)(F)C(F)(F)C(F)(F)C(F)(F)C(F)(F)C(F)(F)C(F)(F)C(F)(F)F)cc3)C2=O)cc1. The normalized spacial score (nSPS) is 17.6. The summed E-state index contributed by atoms with van der Waals surface area (Å²) in [5, 5.41) is -7.85. The van der Waals surface area contributed by atoms with Gasteiger partial charge in [-0.3, -0.25) is 4.79 Å². The van der Waals surface area contributed by atoms with Gasteiger partial charge in [-0.25, -0.2) is 9.69 Å². The lowest BCUT2D eigenvalue weighted by Crippen LogP contribution is -2.75. The van der Waals surface area contributed by atoms with Crippen LogP contribution in [0.3, 0.4) is 0 Å². The molecule has 3 amide bonds. The van der Waals surface area contributed by atoms with Crippen LogP contribution in [-0.4, -0.2) is 85.4 Å². The number of ether oxygens (including phenoxy) is 1. The summed E-state index contributed by atoms with van der Waals surface area (Å²) >= 11 is 0. The average molecular weight is 808 g/mol. The number of hydrogen-bond acceptors (Lipinski definition) is 6. The van der Waals surface area contributed by atoms with Crippen molar-refractivity contribution < 1.29 is 102 Å². The largest absolute Gasteiger partial charge is 0.497 e. The predicted molar refractivity (Wildman–Crippen MR) is 138 cm³/mol. The zero-order valence-corrected chi connectivity index (χ0v) is 25.9. The van der Waals surface area contributed by atoms with E-state index in [9.17, 15) is 92.6 Å². The third kappa shape index (κ3) is 6.08. The van der Waals surface area contributed by atoms with Crippen molar-refractivity contribution in [2.24, 2.45) is 0 Å². The van der Waals surface area contributed by atoms with Gasteiger partial charge in [-0.2, -0.15) is 83.1 Å². The van der Waals surface area contributed by atoms with Gasteiger partial charge in [0.2, 0.25) is 0 Å². The van der Waals surface area contributed by atoms with Crippen LogP contribution in [0.2, 0.25) is 0 Å². The lowest BCUT2D eigenvalue weighted by Gasteiger charge is -2.42. The van der Waals surface area contributed by atoms with E-state index in [1.807, 2.05) is 0 Å². The van der Waals surface area contributed by atoms with E-state index in [0.717, 1.165) is 9.80 Å². The highest BCUT2D eigenvalue weighted by atomic mass is 32.2. The molecule has 1 heterocycles. The summed E-state index contributed by atoms with van der Waals surface area (Å²) in [7, 11) is -6.50. The van der Waals surface area contributed by atoms with Crippen LogP contribution in [0.5, 0.6) is 11.5 Å². The third-order valence-electron chi connectivity index (χ3n) is 7.30. The Kier molecular flexibility index (Phi) is 10.3. The van der Waals surface area contributed by atoms with Gasteiger partial charge in [-0.1, -0.05) is 12.1 Å². The summed E-state index contributed by atoms with van der Waals surface area (Å²) in [5.74, 6) is -54.4. The van der Waals surface area contributed by atoms with Crippen molar-refractivity contribution in [3.63, 3.8) is 0 Å².